The first-order valence-electron chi connectivity index (χ1n) is 10.7. The Morgan fingerprint density at radius 1 is 1.18 bits per heavy atom. The van der Waals surface area contributed by atoms with E-state index in [1.54, 1.807) is 24.3 Å². The molecule has 4 rings (SSSR count). The maximum atomic E-state index is 12.9. The van der Waals surface area contributed by atoms with Crippen molar-refractivity contribution in [1.29, 1.82) is 0 Å². The van der Waals surface area contributed by atoms with Crippen molar-refractivity contribution in [3.8, 4) is 0 Å². The lowest BCUT2D eigenvalue weighted by Gasteiger charge is -2.34. The summed E-state index contributed by atoms with van der Waals surface area (Å²) in [7, 11) is 0. The molecule has 2 aromatic carbocycles. The van der Waals surface area contributed by atoms with E-state index in [9.17, 15) is 19.3 Å². The summed E-state index contributed by atoms with van der Waals surface area (Å²) in [6.07, 6.45) is 0.422. The summed E-state index contributed by atoms with van der Waals surface area (Å²) in [6, 6.07) is 11.0. The number of carbonyl (C=O) groups excluding carboxylic acids is 1. The van der Waals surface area contributed by atoms with E-state index < -0.39 is 0 Å². The average Bonchev–Trinajstić information content (AvgIpc) is 3.24. The Bertz CT molecular complexity index is 1120. The molecule has 0 spiro atoms. The number of nitrogens with zero attached hydrogens (tertiary/aromatic N) is 4. The van der Waals surface area contributed by atoms with Gasteiger partial charge in [0.15, 0.2) is 5.13 Å². The van der Waals surface area contributed by atoms with Crippen LogP contribution in [0, 0.1) is 15.9 Å². The molecule has 1 aliphatic heterocycles. The maximum Gasteiger partial charge on any atom is 0.270 e. The molecular weight excluding hydrogens is 465 g/mol. The summed E-state index contributed by atoms with van der Waals surface area (Å²) in [5.41, 5.74) is 0.863. The van der Waals surface area contributed by atoms with Gasteiger partial charge in [0, 0.05) is 68.5 Å². The van der Waals surface area contributed by atoms with Gasteiger partial charge in [-0.2, -0.15) is 0 Å². The summed E-state index contributed by atoms with van der Waals surface area (Å²) in [5.74, 6) is 0.415. The SMILES string of the molecule is O=C(CCSc1ccc(F)cc1)NCCN1CCN(c2nc3ccc([N+](=O)[O-])cc3s2)CC1. The molecule has 0 aliphatic carbocycles. The topological polar surface area (TPSA) is 91.6 Å². The van der Waals surface area contributed by atoms with Crippen LogP contribution < -0.4 is 10.2 Å². The molecule has 1 saturated heterocycles. The third-order valence-corrected chi connectivity index (χ3v) is 7.47. The predicted octanol–water partition coefficient (Wildman–Crippen LogP) is 3.76. The average molecular weight is 490 g/mol. The Balaban J connectivity index is 1.15. The van der Waals surface area contributed by atoms with Gasteiger partial charge in [-0.1, -0.05) is 11.3 Å². The third-order valence-electron chi connectivity index (χ3n) is 5.38. The quantitative estimate of drug-likeness (QED) is 0.278. The minimum Gasteiger partial charge on any atom is -0.355 e. The molecule has 1 fully saturated rings. The fourth-order valence-electron chi connectivity index (χ4n) is 3.55. The van der Waals surface area contributed by atoms with E-state index in [1.165, 1.54) is 41.3 Å². The predicted molar refractivity (Wildman–Crippen MR) is 130 cm³/mol. The molecule has 2 heterocycles. The number of piperazine rings is 1. The molecule has 1 aromatic heterocycles. The van der Waals surface area contributed by atoms with Gasteiger partial charge in [0.05, 0.1) is 15.1 Å². The maximum absolute atomic E-state index is 12.9. The lowest BCUT2D eigenvalue weighted by molar-refractivity contribution is -0.384. The van der Waals surface area contributed by atoms with Crippen molar-refractivity contribution in [2.45, 2.75) is 11.3 Å². The van der Waals surface area contributed by atoms with Crippen molar-refractivity contribution >= 4 is 50.0 Å². The van der Waals surface area contributed by atoms with Crippen LogP contribution in [0.5, 0.6) is 0 Å². The lowest BCUT2D eigenvalue weighted by atomic mass is 10.3. The van der Waals surface area contributed by atoms with E-state index in [-0.39, 0.29) is 22.3 Å². The highest BCUT2D eigenvalue weighted by Gasteiger charge is 2.20. The van der Waals surface area contributed by atoms with Crippen molar-refractivity contribution in [2.24, 2.45) is 0 Å². The number of nitro benzene ring substituents is 1. The van der Waals surface area contributed by atoms with Crippen molar-refractivity contribution in [2.75, 3.05) is 49.9 Å². The van der Waals surface area contributed by atoms with Crippen LogP contribution in [0.1, 0.15) is 6.42 Å². The number of benzene rings is 2. The molecule has 1 aliphatic rings. The van der Waals surface area contributed by atoms with Crippen molar-refractivity contribution < 1.29 is 14.1 Å². The zero-order valence-electron chi connectivity index (χ0n) is 17.9. The van der Waals surface area contributed by atoms with Gasteiger partial charge < -0.3 is 10.2 Å². The molecule has 0 unspecified atom stereocenters. The molecule has 11 heteroatoms. The standard InChI is InChI=1S/C22H24FN5O3S2/c23-16-1-4-18(5-2-16)32-14-7-21(29)24-8-9-26-10-12-27(13-11-26)22-25-19-6-3-17(28(30)31)15-20(19)33-22/h1-6,15H,7-14H2,(H,24,29). The van der Waals surface area contributed by atoms with Gasteiger partial charge in [0.1, 0.15) is 5.82 Å². The first-order chi connectivity index (χ1) is 16.0. The van der Waals surface area contributed by atoms with E-state index >= 15 is 0 Å². The summed E-state index contributed by atoms with van der Waals surface area (Å²) < 4.78 is 13.7. The van der Waals surface area contributed by atoms with Gasteiger partial charge >= 0.3 is 0 Å². The minimum atomic E-state index is -0.388. The summed E-state index contributed by atoms with van der Waals surface area (Å²) in [6.45, 7) is 4.77. The van der Waals surface area contributed by atoms with Crippen LogP contribution >= 0.6 is 23.1 Å². The monoisotopic (exact) mass is 489 g/mol. The van der Waals surface area contributed by atoms with Crippen LogP contribution in [0.2, 0.25) is 0 Å². The number of hydrogen-bond acceptors (Lipinski definition) is 8. The number of halogens is 1. The molecule has 0 saturated carbocycles. The van der Waals surface area contributed by atoms with Crippen molar-refractivity contribution in [3.63, 3.8) is 0 Å². The summed E-state index contributed by atoms with van der Waals surface area (Å²) in [4.78, 5) is 32.7. The number of rotatable bonds is 9. The molecule has 1 N–H and O–H groups in total. The van der Waals surface area contributed by atoms with Gasteiger partial charge in [0.25, 0.3) is 5.69 Å². The van der Waals surface area contributed by atoms with Crippen LogP contribution in [0.15, 0.2) is 47.4 Å². The fraction of sp³-hybridized carbons (Fsp3) is 0.364. The first-order valence-corrected chi connectivity index (χ1v) is 12.5. The molecule has 174 valence electrons. The van der Waals surface area contributed by atoms with Crippen molar-refractivity contribution in [1.82, 2.24) is 15.2 Å². The number of nitrogens with one attached hydrogen (secondary N) is 1. The Kier molecular flexibility index (Phi) is 7.73. The third kappa shape index (κ3) is 6.40. The number of thioether (sulfide) groups is 1. The normalized spacial score (nSPS) is 14.5. The molecule has 1 amide bonds. The highest BCUT2D eigenvalue weighted by molar-refractivity contribution is 7.99. The Morgan fingerprint density at radius 3 is 2.67 bits per heavy atom. The van der Waals surface area contributed by atoms with Crippen LogP contribution in [0.4, 0.5) is 15.2 Å². The van der Waals surface area contributed by atoms with Gasteiger partial charge in [-0.05, 0) is 30.3 Å². The number of fused-ring (bicyclic) bond motifs is 1. The zero-order valence-corrected chi connectivity index (χ0v) is 19.5. The number of aromatic nitrogens is 1. The van der Waals surface area contributed by atoms with Gasteiger partial charge in [-0.3, -0.25) is 19.8 Å². The Morgan fingerprint density at radius 2 is 1.94 bits per heavy atom. The van der Waals surface area contributed by atoms with Crippen LogP contribution in [-0.2, 0) is 4.79 Å². The highest BCUT2D eigenvalue weighted by atomic mass is 32.2. The molecule has 8 nitrogen and oxygen atoms in total. The van der Waals surface area contributed by atoms with E-state index in [4.69, 9.17) is 0 Å². The van der Waals surface area contributed by atoms with Gasteiger partial charge in [-0.15, -0.1) is 11.8 Å². The second kappa shape index (κ2) is 10.9. The van der Waals surface area contributed by atoms with Crippen molar-refractivity contribution in [3.05, 3.63) is 58.4 Å². The molecule has 0 atom stereocenters. The molecule has 3 aromatic rings. The smallest absolute Gasteiger partial charge is 0.270 e. The van der Waals surface area contributed by atoms with E-state index in [0.717, 1.165) is 53.0 Å². The largest absolute Gasteiger partial charge is 0.355 e. The minimum absolute atomic E-state index is 0.0202. The van der Waals surface area contributed by atoms with Crippen LogP contribution in [-0.4, -0.2) is 65.7 Å². The zero-order chi connectivity index (χ0) is 23.2. The number of anilines is 1. The molecule has 33 heavy (non-hydrogen) atoms. The second-order valence-corrected chi connectivity index (χ2v) is 9.81. The molecule has 0 radical (unpaired) electrons. The second-order valence-electron chi connectivity index (χ2n) is 7.64. The summed E-state index contributed by atoms with van der Waals surface area (Å²) in [5, 5.41) is 14.8. The first kappa shape index (κ1) is 23.4. The summed E-state index contributed by atoms with van der Waals surface area (Å²) >= 11 is 3.02. The van der Waals surface area contributed by atoms with E-state index in [2.05, 4.69) is 20.1 Å². The number of thiazole rings is 1. The van der Waals surface area contributed by atoms with Gasteiger partial charge in [-0.25, -0.2) is 9.37 Å². The highest BCUT2D eigenvalue weighted by Crippen LogP contribution is 2.31. The number of amides is 1. The molecule has 0 bridgehead atoms. The number of hydrogen-bond donors (Lipinski definition) is 1. The number of carbonyl (C=O) groups is 1. The number of nitro groups is 1. The molecular formula is C22H24FN5O3S2. The van der Waals surface area contributed by atoms with Crippen LogP contribution in [0.3, 0.4) is 0 Å². The van der Waals surface area contributed by atoms with Gasteiger partial charge in [0.2, 0.25) is 5.91 Å². The van der Waals surface area contributed by atoms with Crippen LogP contribution in [0.25, 0.3) is 10.2 Å². The fourth-order valence-corrected chi connectivity index (χ4v) is 5.45. The van der Waals surface area contributed by atoms with E-state index in [0.29, 0.717) is 18.7 Å². The lowest BCUT2D eigenvalue weighted by Crippen LogP contribution is -2.48. The Labute approximate surface area is 198 Å². The Hall–Kier alpha value is -2.76. The van der Waals surface area contributed by atoms with E-state index in [1.807, 2.05) is 0 Å². The number of non-ortho nitro benzene ring substituents is 1.